The highest BCUT2D eigenvalue weighted by Crippen LogP contribution is 2.28. The van der Waals surface area contributed by atoms with Crippen LogP contribution < -0.4 is 5.32 Å². The molecule has 0 unspecified atom stereocenters. The van der Waals surface area contributed by atoms with Crippen molar-refractivity contribution in [2.24, 2.45) is 0 Å². The average molecular weight is 504 g/mol. The van der Waals surface area contributed by atoms with E-state index in [1.807, 2.05) is 12.1 Å². The van der Waals surface area contributed by atoms with Gasteiger partial charge in [0.15, 0.2) is 9.84 Å². The summed E-state index contributed by atoms with van der Waals surface area (Å²) in [5.41, 5.74) is 3.11. The third kappa shape index (κ3) is 5.39. The summed E-state index contributed by atoms with van der Waals surface area (Å²) in [6.45, 7) is 0.603. The second kappa shape index (κ2) is 10.6. The molecule has 1 saturated heterocycles. The molecule has 36 heavy (non-hydrogen) atoms. The van der Waals surface area contributed by atoms with Crippen LogP contribution in [0.15, 0.2) is 77.7 Å². The number of anilines is 1. The third-order valence-corrected chi connectivity index (χ3v) is 8.51. The number of carbonyl (C=O) groups excluding carboxylic acids is 2. The third-order valence-electron chi connectivity index (χ3n) is 6.23. The molecule has 3 aromatic rings. The van der Waals surface area contributed by atoms with Crippen LogP contribution in [-0.4, -0.2) is 50.8 Å². The van der Waals surface area contributed by atoms with Crippen molar-refractivity contribution in [3.63, 3.8) is 0 Å². The molecule has 1 aliphatic rings. The van der Waals surface area contributed by atoms with Crippen molar-refractivity contribution in [3.05, 3.63) is 83.9 Å². The van der Waals surface area contributed by atoms with Crippen LogP contribution in [0.2, 0.25) is 0 Å². The Morgan fingerprint density at radius 3 is 2.17 bits per heavy atom. The molecule has 0 spiro atoms. The molecule has 0 bridgehead atoms. The van der Waals surface area contributed by atoms with Gasteiger partial charge in [0, 0.05) is 18.8 Å². The Labute approximate surface area is 210 Å². The smallest absolute Gasteiger partial charge is 0.337 e. The number of sulfone groups is 1. The average Bonchev–Trinajstić information content (AvgIpc) is 2.93. The maximum absolute atomic E-state index is 13.2. The van der Waals surface area contributed by atoms with Crippen molar-refractivity contribution >= 4 is 27.5 Å². The lowest BCUT2D eigenvalue weighted by Gasteiger charge is -2.31. The van der Waals surface area contributed by atoms with E-state index in [9.17, 15) is 18.0 Å². The first-order valence-corrected chi connectivity index (χ1v) is 13.0. The molecule has 1 heterocycles. The number of nitriles is 1. The van der Waals surface area contributed by atoms with Crippen LogP contribution in [0, 0.1) is 11.3 Å². The van der Waals surface area contributed by atoms with Gasteiger partial charge in [0.2, 0.25) is 0 Å². The Morgan fingerprint density at radius 1 is 0.972 bits per heavy atom. The lowest BCUT2D eigenvalue weighted by atomic mass is 10.0. The molecule has 8 nitrogen and oxygen atoms in total. The molecule has 4 rings (SSSR count). The van der Waals surface area contributed by atoms with Crippen LogP contribution in [-0.2, 0) is 14.6 Å². The molecule has 0 aromatic heterocycles. The minimum Gasteiger partial charge on any atom is -0.465 e. The summed E-state index contributed by atoms with van der Waals surface area (Å²) in [6.07, 6.45) is 0.657. The van der Waals surface area contributed by atoms with E-state index in [2.05, 4.69) is 11.4 Å². The van der Waals surface area contributed by atoms with Crippen molar-refractivity contribution in [1.29, 1.82) is 5.26 Å². The van der Waals surface area contributed by atoms with Crippen molar-refractivity contribution in [2.75, 3.05) is 25.5 Å². The molecule has 0 saturated carbocycles. The van der Waals surface area contributed by atoms with Gasteiger partial charge in [0.25, 0.3) is 0 Å². The zero-order chi connectivity index (χ0) is 25.7. The molecular weight excluding hydrogens is 478 g/mol. The molecule has 9 heteroatoms. The fourth-order valence-electron chi connectivity index (χ4n) is 4.18. The van der Waals surface area contributed by atoms with E-state index < -0.39 is 21.1 Å². The predicted octanol–water partition coefficient (Wildman–Crippen LogP) is 4.48. The number of ether oxygens (including phenoxy) is 1. The highest BCUT2D eigenvalue weighted by molar-refractivity contribution is 7.92. The van der Waals surface area contributed by atoms with E-state index >= 15 is 0 Å². The standard InChI is InChI=1S/C27H25N3O5S/c1-35-26(31)22-3-2-4-23(17-22)29-27(32)30-15-13-25(14-16-30)36(33,34)24-11-9-21(10-12-24)20-7-5-19(18-28)6-8-20/h2-12,17,25H,13-16H2,1H3,(H,29,32). The number of benzene rings is 3. The summed E-state index contributed by atoms with van der Waals surface area (Å²) in [4.78, 5) is 26.2. The molecule has 3 aromatic carbocycles. The van der Waals surface area contributed by atoms with Gasteiger partial charge in [-0.3, -0.25) is 0 Å². The first-order valence-electron chi connectivity index (χ1n) is 11.4. The Hall–Kier alpha value is -4.16. The first-order chi connectivity index (χ1) is 17.3. The van der Waals surface area contributed by atoms with Crippen molar-refractivity contribution in [1.82, 2.24) is 4.90 Å². The number of nitrogens with zero attached hydrogens (tertiary/aromatic N) is 2. The Balaban J connectivity index is 1.37. The minimum atomic E-state index is -3.55. The molecule has 0 atom stereocenters. The Kier molecular flexibility index (Phi) is 7.36. The second-order valence-corrected chi connectivity index (χ2v) is 10.7. The summed E-state index contributed by atoms with van der Waals surface area (Å²) in [5, 5.41) is 11.1. The summed E-state index contributed by atoms with van der Waals surface area (Å²) in [5.74, 6) is -0.498. The number of nitrogens with one attached hydrogen (secondary N) is 1. The highest BCUT2D eigenvalue weighted by atomic mass is 32.2. The van der Waals surface area contributed by atoms with E-state index in [0.717, 1.165) is 11.1 Å². The maximum atomic E-state index is 13.2. The van der Waals surface area contributed by atoms with Gasteiger partial charge >= 0.3 is 12.0 Å². The lowest BCUT2D eigenvalue weighted by molar-refractivity contribution is 0.0600. The molecule has 184 valence electrons. The molecule has 1 aliphatic heterocycles. The van der Waals surface area contributed by atoms with E-state index in [0.29, 0.717) is 42.7 Å². The molecular formula is C27H25N3O5S. The van der Waals surface area contributed by atoms with E-state index in [-0.39, 0.29) is 10.9 Å². The normalized spacial score (nSPS) is 14.1. The second-order valence-electron chi connectivity index (χ2n) is 8.45. The number of methoxy groups -OCH3 is 1. The molecule has 0 radical (unpaired) electrons. The number of esters is 1. The van der Waals surface area contributed by atoms with Crippen molar-refractivity contribution in [2.45, 2.75) is 23.0 Å². The number of hydrogen-bond acceptors (Lipinski definition) is 6. The zero-order valence-electron chi connectivity index (χ0n) is 19.7. The zero-order valence-corrected chi connectivity index (χ0v) is 20.5. The summed E-state index contributed by atoms with van der Waals surface area (Å²) >= 11 is 0. The topological polar surface area (TPSA) is 117 Å². The van der Waals surface area contributed by atoms with Crippen LogP contribution in [0.4, 0.5) is 10.5 Å². The molecule has 0 aliphatic carbocycles. The van der Waals surface area contributed by atoms with E-state index in [1.54, 1.807) is 59.5 Å². The number of amides is 2. The fourth-order valence-corrected chi connectivity index (χ4v) is 5.91. The highest BCUT2D eigenvalue weighted by Gasteiger charge is 2.32. The Morgan fingerprint density at radius 2 is 1.58 bits per heavy atom. The van der Waals surface area contributed by atoms with Gasteiger partial charge in [0.1, 0.15) is 0 Å². The van der Waals surface area contributed by atoms with Crippen molar-refractivity contribution < 1.29 is 22.7 Å². The lowest BCUT2D eigenvalue weighted by Crippen LogP contribution is -2.44. The van der Waals surface area contributed by atoms with Crippen LogP contribution in [0.3, 0.4) is 0 Å². The largest absolute Gasteiger partial charge is 0.465 e. The van der Waals surface area contributed by atoms with E-state index in [1.165, 1.54) is 13.2 Å². The number of hydrogen-bond donors (Lipinski definition) is 1. The van der Waals surface area contributed by atoms with Gasteiger partial charge in [-0.15, -0.1) is 0 Å². The van der Waals surface area contributed by atoms with Gasteiger partial charge in [-0.1, -0.05) is 30.3 Å². The SMILES string of the molecule is COC(=O)c1cccc(NC(=O)N2CCC(S(=O)(=O)c3ccc(-c4ccc(C#N)cc4)cc3)CC2)c1. The van der Waals surface area contributed by atoms with Crippen molar-refractivity contribution in [3.8, 4) is 17.2 Å². The van der Waals surface area contributed by atoms with Gasteiger partial charge in [0.05, 0.1) is 34.5 Å². The minimum absolute atomic E-state index is 0.252. The predicted molar refractivity (Wildman–Crippen MR) is 135 cm³/mol. The van der Waals surface area contributed by atoms with E-state index in [4.69, 9.17) is 10.00 Å². The van der Waals surface area contributed by atoms with Crippen LogP contribution in [0.25, 0.3) is 11.1 Å². The molecule has 1 fully saturated rings. The van der Waals surface area contributed by atoms with Gasteiger partial charge in [-0.2, -0.15) is 5.26 Å². The fraction of sp³-hybridized carbons (Fsp3) is 0.222. The summed E-state index contributed by atoms with van der Waals surface area (Å²) in [6, 6.07) is 22.0. The maximum Gasteiger partial charge on any atom is 0.337 e. The monoisotopic (exact) mass is 503 g/mol. The molecule has 2 amide bonds. The quantitative estimate of drug-likeness (QED) is 0.513. The van der Waals surface area contributed by atoms with Crippen LogP contribution in [0.5, 0.6) is 0 Å². The first kappa shape index (κ1) is 24.9. The number of urea groups is 1. The van der Waals surface area contributed by atoms with Crippen LogP contribution in [0.1, 0.15) is 28.8 Å². The Bertz CT molecular complexity index is 1400. The number of rotatable bonds is 5. The number of likely N-dealkylation sites (tertiary alicyclic amines) is 1. The molecule has 1 N–H and O–H groups in total. The van der Waals surface area contributed by atoms with Gasteiger partial charge in [-0.25, -0.2) is 18.0 Å². The number of carbonyl (C=O) groups is 2. The van der Waals surface area contributed by atoms with Gasteiger partial charge in [-0.05, 0) is 66.4 Å². The van der Waals surface area contributed by atoms with Crippen LogP contribution >= 0.6 is 0 Å². The number of piperidine rings is 1. The summed E-state index contributed by atoms with van der Waals surface area (Å²) < 4.78 is 31.1. The summed E-state index contributed by atoms with van der Waals surface area (Å²) in [7, 11) is -2.26. The van der Waals surface area contributed by atoms with Gasteiger partial charge < -0.3 is 15.0 Å².